The van der Waals surface area contributed by atoms with Crippen LogP contribution in [0.2, 0.25) is 0 Å². The molecule has 1 aromatic rings. The van der Waals surface area contributed by atoms with Gasteiger partial charge in [-0.25, -0.2) is 21.9 Å². The van der Waals surface area contributed by atoms with Gasteiger partial charge in [0, 0.05) is 25.2 Å². The standard InChI is InChI=1S/C13H20F2N2O2S/c1-10(2)16-5-6-20(18,19)17-4-3-11-7-12(14)9-13(15)8-11/h7-10,16-17H,3-6H2,1-2H3. The second kappa shape index (κ2) is 7.66. The van der Waals surface area contributed by atoms with Crippen LogP contribution in [-0.4, -0.2) is 33.3 Å². The van der Waals surface area contributed by atoms with Crippen LogP contribution in [0.1, 0.15) is 19.4 Å². The molecule has 4 nitrogen and oxygen atoms in total. The molecule has 0 saturated carbocycles. The normalized spacial score (nSPS) is 12.1. The Morgan fingerprint density at radius 3 is 2.25 bits per heavy atom. The fraction of sp³-hybridized carbons (Fsp3) is 0.538. The molecule has 0 aliphatic carbocycles. The number of halogens is 2. The predicted molar refractivity (Wildman–Crippen MR) is 75.0 cm³/mol. The van der Waals surface area contributed by atoms with Gasteiger partial charge >= 0.3 is 0 Å². The highest BCUT2D eigenvalue weighted by Gasteiger charge is 2.10. The molecule has 0 saturated heterocycles. The second-order valence-electron chi connectivity index (χ2n) is 4.85. The van der Waals surface area contributed by atoms with Crippen molar-refractivity contribution in [1.29, 1.82) is 0 Å². The maximum Gasteiger partial charge on any atom is 0.212 e. The summed E-state index contributed by atoms with van der Waals surface area (Å²) in [5.74, 6) is -1.35. The zero-order chi connectivity index (χ0) is 15.2. The summed E-state index contributed by atoms with van der Waals surface area (Å²) in [6.07, 6.45) is 0.242. The van der Waals surface area contributed by atoms with E-state index in [0.29, 0.717) is 12.1 Å². The zero-order valence-electron chi connectivity index (χ0n) is 11.6. The quantitative estimate of drug-likeness (QED) is 0.764. The van der Waals surface area contributed by atoms with Crippen LogP contribution in [0.4, 0.5) is 8.78 Å². The highest BCUT2D eigenvalue weighted by atomic mass is 32.2. The lowest BCUT2D eigenvalue weighted by Gasteiger charge is -2.09. The molecule has 7 heteroatoms. The van der Waals surface area contributed by atoms with E-state index in [4.69, 9.17) is 0 Å². The first-order valence-electron chi connectivity index (χ1n) is 6.44. The molecular formula is C13H20F2N2O2S. The summed E-state index contributed by atoms with van der Waals surface area (Å²) in [5.41, 5.74) is 0.422. The maximum atomic E-state index is 12.9. The first-order valence-corrected chi connectivity index (χ1v) is 8.09. The maximum absolute atomic E-state index is 12.9. The van der Waals surface area contributed by atoms with E-state index in [9.17, 15) is 17.2 Å². The summed E-state index contributed by atoms with van der Waals surface area (Å²) in [5, 5.41) is 3.01. The molecule has 0 radical (unpaired) electrons. The van der Waals surface area contributed by atoms with Gasteiger partial charge in [-0.2, -0.15) is 0 Å². The van der Waals surface area contributed by atoms with Crippen molar-refractivity contribution in [2.24, 2.45) is 0 Å². The third-order valence-electron chi connectivity index (χ3n) is 2.58. The summed E-state index contributed by atoms with van der Waals surface area (Å²) in [6, 6.07) is 3.39. The van der Waals surface area contributed by atoms with Gasteiger partial charge in [0.25, 0.3) is 0 Å². The summed E-state index contributed by atoms with van der Waals surface area (Å²) in [4.78, 5) is 0. The molecule has 0 unspecified atom stereocenters. The van der Waals surface area contributed by atoms with Crippen LogP contribution in [0.3, 0.4) is 0 Å². The Hall–Kier alpha value is -1.05. The largest absolute Gasteiger partial charge is 0.313 e. The Morgan fingerprint density at radius 1 is 1.10 bits per heavy atom. The van der Waals surface area contributed by atoms with Crippen molar-refractivity contribution in [3.8, 4) is 0 Å². The Balaban J connectivity index is 2.39. The van der Waals surface area contributed by atoms with Crippen molar-refractivity contribution in [1.82, 2.24) is 10.0 Å². The van der Waals surface area contributed by atoms with Crippen LogP contribution in [0.5, 0.6) is 0 Å². The van der Waals surface area contributed by atoms with E-state index in [1.54, 1.807) is 0 Å². The van der Waals surface area contributed by atoms with Crippen molar-refractivity contribution in [3.63, 3.8) is 0 Å². The molecule has 1 rings (SSSR count). The SMILES string of the molecule is CC(C)NCCS(=O)(=O)NCCc1cc(F)cc(F)c1. The Bertz CT molecular complexity index is 513. The van der Waals surface area contributed by atoms with Gasteiger partial charge in [0.2, 0.25) is 10.0 Å². The van der Waals surface area contributed by atoms with Crippen LogP contribution < -0.4 is 10.0 Å². The van der Waals surface area contributed by atoms with E-state index in [-0.39, 0.29) is 24.8 Å². The van der Waals surface area contributed by atoms with Gasteiger partial charge in [-0.15, -0.1) is 0 Å². The predicted octanol–water partition coefficient (Wildman–Crippen LogP) is 1.42. The summed E-state index contributed by atoms with van der Waals surface area (Å²) in [6.45, 7) is 4.34. The van der Waals surface area contributed by atoms with Crippen LogP contribution >= 0.6 is 0 Å². The molecule has 0 aliphatic heterocycles. The molecule has 0 aromatic heterocycles. The van der Waals surface area contributed by atoms with Gasteiger partial charge in [0.1, 0.15) is 11.6 Å². The first-order chi connectivity index (χ1) is 9.28. The zero-order valence-corrected chi connectivity index (χ0v) is 12.4. The van der Waals surface area contributed by atoms with Crippen molar-refractivity contribution < 1.29 is 17.2 Å². The Labute approximate surface area is 118 Å². The molecule has 0 atom stereocenters. The lowest BCUT2D eigenvalue weighted by atomic mass is 10.1. The number of hydrogen-bond donors (Lipinski definition) is 2. The van der Waals surface area contributed by atoms with Gasteiger partial charge < -0.3 is 5.32 Å². The smallest absolute Gasteiger partial charge is 0.212 e. The van der Waals surface area contributed by atoms with E-state index in [0.717, 1.165) is 6.07 Å². The van der Waals surface area contributed by atoms with E-state index in [2.05, 4.69) is 10.0 Å². The first kappa shape index (κ1) is 17.0. The second-order valence-corrected chi connectivity index (χ2v) is 6.78. The highest BCUT2D eigenvalue weighted by molar-refractivity contribution is 7.89. The molecule has 0 spiro atoms. The Morgan fingerprint density at radius 2 is 1.70 bits per heavy atom. The number of hydrogen-bond acceptors (Lipinski definition) is 3. The molecule has 1 aromatic carbocycles. The molecule has 0 aliphatic rings. The van der Waals surface area contributed by atoms with Crippen molar-refractivity contribution in [2.75, 3.05) is 18.8 Å². The molecule has 20 heavy (non-hydrogen) atoms. The van der Waals surface area contributed by atoms with Crippen molar-refractivity contribution in [3.05, 3.63) is 35.4 Å². The molecule has 0 fully saturated rings. The Kier molecular flexibility index (Phi) is 6.51. The lowest BCUT2D eigenvalue weighted by Crippen LogP contribution is -2.35. The molecule has 0 heterocycles. The van der Waals surface area contributed by atoms with Gasteiger partial charge in [-0.05, 0) is 24.1 Å². The van der Waals surface area contributed by atoms with Gasteiger partial charge in [-0.3, -0.25) is 0 Å². The topological polar surface area (TPSA) is 58.2 Å². The van der Waals surface area contributed by atoms with Crippen LogP contribution in [0, 0.1) is 11.6 Å². The minimum Gasteiger partial charge on any atom is -0.313 e. The van der Waals surface area contributed by atoms with E-state index >= 15 is 0 Å². The fourth-order valence-corrected chi connectivity index (χ4v) is 2.60. The molecule has 0 amide bonds. The van der Waals surface area contributed by atoms with Gasteiger partial charge in [0.15, 0.2) is 0 Å². The van der Waals surface area contributed by atoms with E-state index in [1.165, 1.54) is 12.1 Å². The average molecular weight is 306 g/mol. The highest BCUT2D eigenvalue weighted by Crippen LogP contribution is 2.08. The monoisotopic (exact) mass is 306 g/mol. The molecular weight excluding hydrogens is 286 g/mol. The minimum atomic E-state index is -3.37. The average Bonchev–Trinajstić information content (AvgIpc) is 2.26. The van der Waals surface area contributed by atoms with Crippen molar-refractivity contribution >= 4 is 10.0 Å². The van der Waals surface area contributed by atoms with Crippen molar-refractivity contribution in [2.45, 2.75) is 26.3 Å². The minimum absolute atomic E-state index is 0.0251. The van der Waals surface area contributed by atoms with Crippen LogP contribution in [0.25, 0.3) is 0 Å². The van der Waals surface area contributed by atoms with E-state index in [1.807, 2.05) is 13.8 Å². The lowest BCUT2D eigenvalue weighted by molar-refractivity contribution is 0.566. The number of sulfonamides is 1. The van der Waals surface area contributed by atoms with Crippen LogP contribution in [-0.2, 0) is 16.4 Å². The van der Waals surface area contributed by atoms with Gasteiger partial charge in [-0.1, -0.05) is 13.8 Å². The third-order valence-corrected chi connectivity index (χ3v) is 3.97. The fourth-order valence-electron chi connectivity index (χ4n) is 1.66. The third kappa shape index (κ3) is 6.93. The summed E-state index contributed by atoms with van der Waals surface area (Å²) >= 11 is 0. The molecule has 2 N–H and O–H groups in total. The van der Waals surface area contributed by atoms with E-state index < -0.39 is 21.7 Å². The number of rotatable bonds is 8. The van der Waals surface area contributed by atoms with Gasteiger partial charge in [0.05, 0.1) is 5.75 Å². The molecule has 114 valence electrons. The number of nitrogens with one attached hydrogen (secondary N) is 2. The summed E-state index contributed by atoms with van der Waals surface area (Å²) < 4.78 is 51.6. The van der Waals surface area contributed by atoms with Crippen LogP contribution in [0.15, 0.2) is 18.2 Å². The summed E-state index contributed by atoms with van der Waals surface area (Å²) in [7, 11) is -3.37. The number of benzene rings is 1. The molecule has 0 bridgehead atoms.